The van der Waals surface area contributed by atoms with Crippen molar-refractivity contribution in [2.24, 2.45) is 11.8 Å². The summed E-state index contributed by atoms with van der Waals surface area (Å²) in [5.41, 5.74) is -1.91. The number of carbonyl (C=O) groups excluding carboxylic acids is 3. The van der Waals surface area contributed by atoms with Gasteiger partial charge in [0.1, 0.15) is 23.9 Å². The number of cyclic esters (lactones) is 1. The fraction of sp³-hybridized carbons (Fsp3) is 0.353. The molecule has 1 N–H and O–H groups in total. The second-order valence-electron chi connectivity index (χ2n) is 6.74. The number of ether oxygens (including phenoxy) is 3. The summed E-state index contributed by atoms with van der Waals surface area (Å²) >= 11 is 0. The Morgan fingerprint density at radius 1 is 1.30 bits per heavy atom. The summed E-state index contributed by atoms with van der Waals surface area (Å²) in [7, 11) is 0. The summed E-state index contributed by atoms with van der Waals surface area (Å²) in [5.74, 6) is -4.22. The highest BCUT2D eigenvalue weighted by molar-refractivity contribution is 5.96. The Morgan fingerprint density at radius 3 is 2.59 bits per heavy atom. The number of hydrogen-bond donors (Lipinski definition) is 1. The van der Waals surface area contributed by atoms with Crippen molar-refractivity contribution in [3.05, 3.63) is 51.8 Å². The molecule has 2 fully saturated rings. The van der Waals surface area contributed by atoms with Crippen LogP contribution in [0, 0.1) is 22.0 Å². The van der Waals surface area contributed by atoms with E-state index in [4.69, 9.17) is 14.2 Å². The van der Waals surface area contributed by atoms with Crippen LogP contribution < -0.4 is 0 Å². The molecule has 10 nitrogen and oxygen atoms in total. The molecule has 2 heterocycles. The lowest BCUT2D eigenvalue weighted by molar-refractivity contribution is -0.384. The predicted molar refractivity (Wildman–Crippen MR) is 84.0 cm³/mol. The Labute approximate surface area is 151 Å². The molecule has 10 heteroatoms. The summed E-state index contributed by atoms with van der Waals surface area (Å²) in [6.45, 7) is 1.31. The van der Waals surface area contributed by atoms with Gasteiger partial charge in [-0.15, -0.1) is 0 Å². The molecule has 2 aliphatic heterocycles. The average molecular weight is 375 g/mol. The SMILES string of the molecule is C[C@]1(O)[C@@H](OC(=O)c2ccc([N+](=O)[O-])cc2)[C@H]2OC(=O)C3=COC(=O)[C@H]1[C@@H]32. The number of nitrogens with zero attached hydrogens (tertiary/aromatic N) is 1. The minimum absolute atomic E-state index is 0.00828. The van der Waals surface area contributed by atoms with Crippen LogP contribution in [0.4, 0.5) is 5.69 Å². The number of nitro benzene ring substituents is 1. The first-order valence-electron chi connectivity index (χ1n) is 8.01. The fourth-order valence-corrected chi connectivity index (χ4v) is 3.87. The lowest BCUT2D eigenvalue weighted by atomic mass is 9.82. The monoisotopic (exact) mass is 375 g/mol. The Hall–Kier alpha value is -3.27. The number of nitro groups is 1. The second-order valence-corrected chi connectivity index (χ2v) is 6.74. The van der Waals surface area contributed by atoms with E-state index in [9.17, 15) is 29.6 Å². The van der Waals surface area contributed by atoms with Crippen LogP contribution in [0.15, 0.2) is 36.1 Å². The van der Waals surface area contributed by atoms with Gasteiger partial charge in [-0.1, -0.05) is 0 Å². The number of non-ortho nitro benzene ring substituents is 1. The van der Waals surface area contributed by atoms with Crippen LogP contribution >= 0.6 is 0 Å². The van der Waals surface area contributed by atoms with E-state index < -0.39 is 52.5 Å². The highest BCUT2D eigenvalue weighted by Crippen LogP contribution is 2.52. The molecule has 1 aliphatic carbocycles. The van der Waals surface area contributed by atoms with Crippen LogP contribution in [-0.2, 0) is 23.8 Å². The van der Waals surface area contributed by atoms with Crippen LogP contribution in [0.1, 0.15) is 17.3 Å². The summed E-state index contributed by atoms with van der Waals surface area (Å²) < 4.78 is 15.4. The Bertz CT molecular complexity index is 901. The van der Waals surface area contributed by atoms with Gasteiger partial charge in [0.15, 0.2) is 6.10 Å². The normalized spacial score (nSPS) is 33.6. The van der Waals surface area contributed by atoms with Crippen molar-refractivity contribution < 1.29 is 38.6 Å². The van der Waals surface area contributed by atoms with Gasteiger partial charge >= 0.3 is 17.9 Å². The third kappa shape index (κ3) is 2.40. The van der Waals surface area contributed by atoms with Crippen LogP contribution in [0.25, 0.3) is 0 Å². The lowest BCUT2D eigenvalue weighted by Crippen LogP contribution is -2.49. The van der Waals surface area contributed by atoms with E-state index in [1.54, 1.807) is 0 Å². The maximum atomic E-state index is 12.4. The van der Waals surface area contributed by atoms with Crippen LogP contribution in [0.5, 0.6) is 0 Å². The van der Waals surface area contributed by atoms with Gasteiger partial charge in [-0.2, -0.15) is 0 Å². The largest absolute Gasteiger partial charge is 0.454 e. The minimum atomic E-state index is -1.83. The Kier molecular flexibility index (Phi) is 3.57. The molecule has 27 heavy (non-hydrogen) atoms. The molecule has 3 aliphatic rings. The number of esters is 3. The number of hydrogen-bond acceptors (Lipinski definition) is 9. The van der Waals surface area contributed by atoms with Gasteiger partial charge in [-0.05, 0) is 19.1 Å². The van der Waals surface area contributed by atoms with E-state index >= 15 is 0 Å². The highest BCUT2D eigenvalue weighted by Gasteiger charge is 2.70. The molecular weight excluding hydrogens is 362 g/mol. The zero-order chi connectivity index (χ0) is 19.5. The van der Waals surface area contributed by atoms with Gasteiger partial charge in [0, 0.05) is 12.1 Å². The average Bonchev–Trinajstić information content (AvgIpc) is 3.05. The summed E-state index contributed by atoms with van der Waals surface area (Å²) in [6.07, 6.45) is -1.34. The molecule has 1 aromatic carbocycles. The minimum Gasteiger partial charge on any atom is -0.454 e. The van der Waals surface area contributed by atoms with Crippen molar-refractivity contribution in [1.82, 2.24) is 0 Å². The van der Waals surface area contributed by atoms with E-state index in [2.05, 4.69) is 0 Å². The maximum absolute atomic E-state index is 12.4. The number of aliphatic hydroxyl groups is 1. The van der Waals surface area contributed by atoms with Gasteiger partial charge < -0.3 is 19.3 Å². The quantitative estimate of drug-likeness (QED) is 0.345. The van der Waals surface area contributed by atoms with Crippen molar-refractivity contribution >= 4 is 23.6 Å². The third-order valence-electron chi connectivity index (χ3n) is 5.16. The van der Waals surface area contributed by atoms with Crippen molar-refractivity contribution in [2.75, 3.05) is 0 Å². The lowest BCUT2D eigenvalue weighted by Gasteiger charge is -2.32. The number of rotatable bonds is 3. The molecule has 4 rings (SSSR count). The van der Waals surface area contributed by atoms with Crippen molar-refractivity contribution in [1.29, 1.82) is 0 Å². The summed E-state index contributed by atoms with van der Waals surface area (Å²) in [5, 5.41) is 21.6. The van der Waals surface area contributed by atoms with E-state index in [0.29, 0.717) is 0 Å². The molecule has 0 amide bonds. The molecule has 140 valence electrons. The second kappa shape index (κ2) is 5.61. The molecule has 1 saturated carbocycles. The van der Waals surface area contributed by atoms with E-state index in [1.165, 1.54) is 19.1 Å². The van der Waals surface area contributed by atoms with E-state index in [1.807, 2.05) is 0 Å². The first-order valence-corrected chi connectivity index (χ1v) is 8.01. The number of benzene rings is 1. The molecule has 0 radical (unpaired) electrons. The zero-order valence-corrected chi connectivity index (χ0v) is 13.9. The number of carbonyl (C=O) groups is 3. The molecule has 1 saturated heterocycles. The van der Waals surface area contributed by atoms with Gasteiger partial charge in [0.25, 0.3) is 5.69 Å². The zero-order valence-electron chi connectivity index (χ0n) is 13.9. The molecule has 0 unspecified atom stereocenters. The molecule has 0 aromatic heterocycles. The summed E-state index contributed by atoms with van der Waals surface area (Å²) in [6, 6.07) is 4.68. The van der Waals surface area contributed by atoms with Gasteiger partial charge in [-0.25, -0.2) is 9.59 Å². The highest BCUT2D eigenvalue weighted by atomic mass is 16.6. The van der Waals surface area contributed by atoms with Crippen molar-refractivity contribution in [3.63, 3.8) is 0 Å². The summed E-state index contributed by atoms with van der Waals surface area (Å²) in [4.78, 5) is 46.6. The maximum Gasteiger partial charge on any atom is 0.338 e. The first-order chi connectivity index (χ1) is 12.7. The molecule has 5 atom stereocenters. The molecule has 0 spiro atoms. The van der Waals surface area contributed by atoms with Crippen LogP contribution in [0.2, 0.25) is 0 Å². The fourth-order valence-electron chi connectivity index (χ4n) is 3.87. The topological polar surface area (TPSA) is 142 Å². The standard InChI is InChI=1S/C17H13NO9/c1-17(22)11-10-9(6-25-16(11)21)15(20)26-12(10)13(17)27-14(19)7-2-4-8(5-3-7)18(23)24/h2-6,10-13,22H,1H3/t10-,11-,12+,13+,17-/m1/s1. The smallest absolute Gasteiger partial charge is 0.338 e. The van der Waals surface area contributed by atoms with E-state index in [-0.39, 0.29) is 16.8 Å². The molecular formula is C17H13NO9. The Morgan fingerprint density at radius 2 is 1.96 bits per heavy atom. The molecule has 0 bridgehead atoms. The van der Waals surface area contributed by atoms with Crippen molar-refractivity contribution in [2.45, 2.75) is 24.7 Å². The van der Waals surface area contributed by atoms with Crippen molar-refractivity contribution in [3.8, 4) is 0 Å². The van der Waals surface area contributed by atoms with Gasteiger partial charge in [0.2, 0.25) is 0 Å². The van der Waals surface area contributed by atoms with Crippen LogP contribution in [0.3, 0.4) is 0 Å². The first kappa shape index (κ1) is 17.2. The van der Waals surface area contributed by atoms with Gasteiger partial charge in [-0.3, -0.25) is 14.9 Å². The van der Waals surface area contributed by atoms with E-state index in [0.717, 1.165) is 18.4 Å². The predicted octanol–water partition coefficient (Wildman–Crippen LogP) is 0.483. The van der Waals surface area contributed by atoms with Gasteiger partial charge in [0.05, 0.1) is 22.0 Å². The third-order valence-corrected chi connectivity index (χ3v) is 5.16. The Balaban J connectivity index is 1.63. The molecule has 1 aromatic rings. The van der Waals surface area contributed by atoms with Crippen LogP contribution in [-0.4, -0.2) is 45.7 Å².